The lowest BCUT2D eigenvalue weighted by molar-refractivity contribution is -0.121. The molecule has 2 amide bonds. The number of anilines is 2. The number of rotatable bonds is 3. The second-order valence-corrected chi connectivity index (χ2v) is 6.80. The van der Waals surface area contributed by atoms with E-state index in [0.29, 0.717) is 5.69 Å². The van der Waals surface area contributed by atoms with E-state index < -0.39 is 6.04 Å². The molecule has 1 heterocycles. The van der Waals surface area contributed by atoms with Crippen LogP contribution in [0.3, 0.4) is 0 Å². The summed E-state index contributed by atoms with van der Waals surface area (Å²) < 4.78 is 0. The van der Waals surface area contributed by atoms with E-state index in [9.17, 15) is 9.59 Å². The van der Waals surface area contributed by atoms with Gasteiger partial charge in [0.15, 0.2) is 0 Å². The molecular formula is C22H20N2O2. The molecule has 1 N–H and O–H groups in total. The average Bonchev–Trinajstić information content (AvgIpc) is 2.91. The van der Waals surface area contributed by atoms with Crippen LogP contribution >= 0.6 is 0 Å². The molecule has 1 aliphatic heterocycles. The van der Waals surface area contributed by atoms with Crippen LogP contribution in [0.4, 0.5) is 11.4 Å². The first-order chi connectivity index (χ1) is 12.5. The molecule has 1 aliphatic rings. The minimum absolute atomic E-state index is 0.165. The second kappa shape index (κ2) is 6.30. The number of imide groups is 1. The van der Waals surface area contributed by atoms with Crippen molar-refractivity contribution in [1.82, 2.24) is 0 Å². The van der Waals surface area contributed by atoms with Crippen molar-refractivity contribution >= 4 is 34.0 Å². The Hall–Kier alpha value is -3.14. The molecule has 1 atom stereocenters. The Labute approximate surface area is 152 Å². The molecule has 0 spiro atoms. The van der Waals surface area contributed by atoms with Gasteiger partial charge in [0, 0.05) is 5.69 Å². The molecule has 4 nitrogen and oxygen atoms in total. The Kier molecular flexibility index (Phi) is 3.96. The lowest BCUT2D eigenvalue weighted by Gasteiger charge is -2.17. The van der Waals surface area contributed by atoms with Gasteiger partial charge in [0.1, 0.15) is 6.04 Å². The van der Waals surface area contributed by atoms with Crippen molar-refractivity contribution in [2.75, 3.05) is 10.2 Å². The maximum atomic E-state index is 12.9. The van der Waals surface area contributed by atoms with Crippen LogP contribution in [0.25, 0.3) is 10.8 Å². The van der Waals surface area contributed by atoms with E-state index in [1.54, 1.807) is 0 Å². The topological polar surface area (TPSA) is 49.4 Å². The van der Waals surface area contributed by atoms with Crippen LogP contribution in [0.5, 0.6) is 0 Å². The Morgan fingerprint density at radius 3 is 2.42 bits per heavy atom. The fraction of sp³-hybridized carbons (Fsp3) is 0.182. The van der Waals surface area contributed by atoms with E-state index in [1.165, 1.54) is 10.5 Å². The molecule has 130 valence electrons. The lowest BCUT2D eigenvalue weighted by Crippen LogP contribution is -2.34. The quantitative estimate of drug-likeness (QED) is 0.725. The van der Waals surface area contributed by atoms with E-state index in [1.807, 2.05) is 74.5 Å². The number of hydrogen-bond acceptors (Lipinski definition) is 3. The molecule has 1 fully saturated rings. The summed E-state index contributed by atoms with van der Waals surface area (Å²) in [6.45, 7) is 4.08. The van der Waals surface area contributed by atoms with Gasteiger partial charge in [0.25, 0.3) is 5.91 Å². The van der Waals surface area contributed by atoms with Crippen molar-refractivity contribution in [3.8, 4) is 0 Å². The number of nitrogens with zero attached hydrogens (tertiary/aromatic N) is 1. The Balaban J connectivity index is 1.60. The van der Waals surface area contributed by atoms with Crippen LogP contribution in [0.15, 0.2) is 60.7 Å². The average molecular weight is 344 g/mol. The first-order valence-electron chi connectivity index (χ1n) is 8.72. The van der Waals surface area contributed by atoms with Gasteiger partial charge >= 0.3 is 0 Å². The van der Waals surface area contributed by atoms with Crippen LogP contribution in [-0.2, 0) is 9.59 Å². The van der Waals surface area contributed by atoms with Crippen molar-refractivity contribution in [2.24, 2.45) is 0 Å². The Bertz CT molecular complexity index is 1030. The first-order valence-corrected chi connectivity index (χ1v) is 8.72. The number of carbonyl (C=O) groups is 2. The molecule has 0 radical (unpaired) electrons. The van der Waals surface area contributed by atoms with Crippen LogP contribution in [0.1, 0.15) is 17.5 Å². The number of benzene rings is 3. The summed E-state index contributed by atoms with van der Waals surface area (Å²) >= 11 is 0. The van der Waals surface area contributed by atoms with Gasteiger partial charge in [-0.3, -0.25) is 9.59 Å². The van der Waals surface area contributed by atoms with E-state index in [0.717, 1.165) is 22.0 Å². The maximum Gasteiger partial charge on any atom is 0.256 e. The van der Waals surface area contributed by atoms with Crippen molar-refractivity contribution in [2.45, 2.75) is 26.3 Å². The van der Waals surface area contributed by atoms with E-state index in [4.69, 9.17) is 0 Å². The second-order valence-electron chi connectivity index (χ2n) is 6.80. The number of hydrogen-bond donors (Lipinski definition) is 1. The zero-order valence-corrected chi connectivity index (χ0v) is 14.8. The Morgan fingerprint density at radius 2 is 1.65 bits per heavy atom. The molecule has 4 rings (SSSR count). The minimum atomic E-state index is -0.531. The maximum absolute atomic E-state index is 12.9. The molecule has 0 aromatic heterocycles. The summed E-state index contributed by atoms with van der Waals surface area (Å²) in [4.78, 5) is 26.7. The van der Waals surface area contributed by atoms with E-state index >= 15 is 0 Å². The highest BCUT2D eigenvalue weighted by Crippen LogP contribution is 2.28. The number of fused-ring (bicyclic) bond motifs is 1. The number of aryl methyl sites for hydroxylation is 2. The first kappa shape index (κ1) is 16.3. The third-order valence-electron chi connectivity index (χ3n) is 4.99. The van der Waals surface area contributed by atoms with Crippen molar-refractivity contribution in [1.29, 1.82) is 0 Å². The Morgan fingerprint density at radius 1 is 0.885 bits per heavy atom. The highest BCUT2D eigenvalue weighted by molar-refractivity contribution is 6.23. The summed E-state index contributed by atoms with van der Waals surface area (Å²) in [5.74, 6) is -0.380. The summed E-state index contributed by atoms with van der Waals surface area (Å²) in [6, 6.07) is 19.0. The largest absolute Gasteiger partial charge is 0.373 e. The third-order valence-corrected chi connectivity index (χ3v) is 4.99. The van der Waals surface area contributed by atoms with Crippen molar-refractivity contribution in [3.63, 3.8) is 0 Å². The van der Waals surface area contributed by atoms with Crippen molar-refractivity contribution < 1.29 is 9.59 Å². The van der Waals surface area contributed by atoms with Gasteiger partial charge in [-0.2, -0.15) is 0 Å². The molecule has 26 heavy (non-hydrogen) atoms. The van der Waals surface area contributed by atoms with E-state index in [2.05, 4.69) is 5.32 Å². The number of nitrogens with one attached hydrogen (secondary N) is 1. The van der Waals surface area contributed by atoms with Crippen LogP contribution in [0.2, 0.25) is 0 Å². The monoisotopic (exact) mass is 344 g/mol. The molecule has 3 aromatic rings. The summed E-state index contributed by atoms with van der Waals surface area (Å²) in [5.41, 5.74) is 3.84. The van der Waals surface area contributed by atoms with Gasteiger partial charge < -0.3 is 5.32 Å². The summed E-state index contributed by atoms with van der Waals surface area (Å²) in [7, 11) is 0. The lowest BCUT2D eigenvalue weighted by atomic mass is 10.1. The highest BCUT2D eigenvalue weighted by atomic mass is 16.2. The fourth-order valence-electron chi connectivity index (χ4n) is 3.36. The van der Waals surface area contributed by atoms with Crippen LogP contribution in [-0.4, -0.2) is 17.9 Å². The van der Waals surface area contributed by atoms with Crippen LogP contribution in [0, 0.1) is 13.8 Å². The zero-order valence-electron chi connectivity index (χ0n) is 14.8. The van der Waals surface area contributed by atoms with Gasteiger partial charge in [0.2, 0.25) is 5.91 Å². The zero-order chi connectivity index (χ0) is 18.3. The molecule has 0 aliphatic carbocycles. The summed E-state index contributed by atoms with van der Waals surface area (Å²) in [6.07, 6.45) is 0.165. The normalized spacial score (nSPS) is 17.2. The summed E-state index contributed by atoms with van der Waals surface area (Å²) in [5, 5.41) is 5.31. The van der Waals surface area contributed by atoms with Gasteiger partial charge in [-0.25, -0.2) is 4.90 Å². The number of amides is 2. The van der Waals surface area contributed by atoms with Crippen LogP contribution < -0.4 is 10.2 Å². The predicted molar refractivity (Wildman–Crippen MR) is 104 cm³/mol. The van der Waals surface area contributed by atoms with Crippen molar-refractivity contribution in [3.05, 3.63) is 71.8 Å². The molecular weight excluding hydrogens is 324 g/mol. The standard InChI is InChI=1S/C22H20N2O2/c1-14-7-9-18(11-15(14)2)23-20-13-21(25)24(22(20)26)19-10-8-16-5-3-4-6-17(16)12-19/h3-12,20,23H,13H2,1-2H3/t20-/m1/s1. The van der Waals surface area contributed by atoms with Gasteiger partial charge in [-0.15, -0.1) is 0 Å². The molecule has 1 saturated heterocycles. The highest BCUT2D eigenvalue weighted by Gasteiger charge is 2.39. The molecule has 0 bridgehead atoms. The fourth-order valence-corrected chi connectivity index (χ4v) is 3.36. The molecule has 4 heteroatoms. The third kappa shape index (κ3) is 2.84. The molecule has 0 saturated carbocycles. The SMILES string of the molecule is Cc1ccc(N[C@@H]2CC(=O)N(c3ccc4ccccc4c3)C2=O)cc1C. The van der Waals surface area contributed by atoms with Gasteiger partial charge in [-0.1, -0.05) is 36.4 Å². The molecule has 3 aromatic carbocycles. The van der Waals surface area contributed by atoms with Gasteiger partial charge in [0.05, 0.1) is 12.1 Å². The minimum Gasteiger partial charge on any atom is -0.373 e. The molecule has 0 unspecified atom stereocenters. The predicted octanol–water partition coefficient (Wildman–Crippen LogP) is 4.20. The smallest absolute Gasteiger partial charge is 0.256 e. The van der Waals surface area contributed by atoms with Gasteiger partial charge in [-0.05, 0) is 60.0 Å². The number of carbonyl (C=O) groups excluding carboxylic acids is 2. The van der Waals surface area contributed by atoms with E-state index in [-0.39, 0.29) is 18.2 Å².